The molecule has 0 aliphatic carbocycles. The van der Waals surface area contributed by atoms with Crippen molar-refractivity contribution in [3.63, 3.8) is 0 Å². The number of aliphatic imine (C=N–C) groups is 1. The molecule has 0 amide bonds. The lowest BCUT2D eigenvalue weighted by Crippen LogP contribution is -2.49. The first-order valence-electron chi connectivity index (χ1n) is 7.87. The summed E-state index contributed by atoms with van der Waals surface area (Å²) in [5.41, 5.74) is 0. The largest absolute Gasteiger partial charge is 0.356 e. The summed E-state index contributed by atoms with van der Waals surface area (Å²) in [7, 11) is 1.86. The van der Waals surface area contributed by atoms with E-state index in [0.717, 1.165) is 12.5 Å². The van der Waals surface area contributed by atoms with Crippen molar-refractivity contribution in [2.75, 3.05) is 38.7 Å². The average molecular weight is 301 g/mol. The molecule has 1 saturated heterocycles. The highest BCUT2D eigenvalue weighted by Crippen LogP contribution is 2.12. The molecule has 1 aliphatic heterocycles. The van der Waals surface area contributed by atoms with Gasteiger partial charge >= 0.3 is 0 Å². The number of piperidine rings is 1. The molecule has 5 heteroatoms. The monoisotopic (exact) mass is 300 g/mol. The maximum atomic E-state index is 4.33. The van der Waals surface area contributed by atoms with Gasteiger partial charge in [-0.25, -0.2) is 0 Å². The van der Waals surface area contributed by atoms with Crippen LogP contribution in [0.3, 0.4) is 0 Å². The number of rotatable bonds is 7. The zero-order chi connectivity index (χ0) is 14.8. The van der Waals surface area contributed by atoms with Crippen molar-refractivity contribution in [1.82, 2.24) is 15.5 Å². The van der Waals surface area contributed by atoms with Crippen molar-refractivity contribution in [3.05, 3.63) is 0 Å². The molecule has 0 bridgehead atoms. The zero-order valence-electron chi connectivity index (χ0n) is 13.6. The molecule has 0 aromatic carbocycles. The molecular formula is C15H32N4S. The Hall–Kier alpha value is -0.420. The fraction of sp³-hybridized carbons (Fsp3) is 0.933. The normalized spacial score (nSPS) is 18.6. The van der Waals surface area contributed by atoms with Gasteiger partial charge < -0.3 is 15.5 Å². The van der Waals surface area contributed by atoms with Gasteiger partial charge in [-0.3, -0.25) is 4.99 Å². The van der Waals surface area contributed by atoms with Crippen LogP contribution in [0.15, 0.2) is 4.99 Å². The van der Waals surface area contributed by atoms with E-state index < -0.39 is 0 Å². The molecule has 20 heavy (non-hydrogen) atoms. The minimum atomic E-state index is 0.572. The van der Waals surface area contributed by atoms with E-state index in [0.29, 0.717) is 12.1 Å². The smallest absolute Gasteiger partial charge is 0.191 e. The van der Waals surface area contributed by atoms with E-state index in [1.54, 1.807) is 0 Å². The van der Waals surface area contributed by atoms with E-state index in [1.165, 1.54) is 44.5 Å². The molecule has 0 aromatic rings. The summed E-state index contributed by atoms with van der Waals surface area (Å²) < 4.78 is 0. The number of nitrogens with zero attached hydrogens (tertiary/aromatic N) is 2. The summed E-state index contributed by atoms with van der Waals surface area (Å²) in [5, 5.41) is 6.99. The highest BCUT2D eigenvalue weighted by molar-refractivity contribution is 7.98. The maximum absolute atomic E-state index is 4.33. The van der Waals surface area contributed by atoms with Crippen LogP contribution >= 0.6 is 11.8 Å². The second-order valence-electron chi connectivity index (χ2n) is 5.75. The van der Waals surface area contributed by atoms with Gasteiger partial charge in [-0.05, 0) is 51.5 Å². The number of thioether (sulfide) groups is 1. The molecule has 118 valence electrons. The molecule has 2 N–H and O–H groups in total. The van der Waals surface area contributed by atoms with Gasteiger partial charge in [0.25, 0.3) is 0 Å². The molecule has 0 saturated carbocycles. The van der Waals surface area contributed by atoms with Crippen LogP contribution < -0.4 is 10.6 Å². The Kier molecular flexibility index (Phi) is 9.10. The Labute approximate surface area is 129 Å². The summed E-state index contributed by atoms with van der Waals surface area (Å²) in [5.74, 6) is 2.22. The number of unbranched alkanes of at least 4 members (excludes halogenated alkanes) is 1. The molecule has 0 atom stereocenters. The van der Waals surface area contributed by atoms with Crippen molar-refractivity contribution in [2.45, 2.75) is 51.6 Å². The third-order valence-electron chi connectivity index (χ3n) is 3.89. The lowest BCUT2D eigenvalue weighted by Gasteiger charge is -2.35. The lowest BCUT2D eigenvalue weighted by atomic mass is 10.0. The Bertz CT molecular complexity index is 273. The van der Waals surface area contributed by atoms with Crippen LogP contribution in [-0.2, 0) is 0 Å². The lowest BCUT2D eigenvalue weighted by molar-refractivity contribution is 0.167. The molecular weight excluding hydrogens is 268 g/mol. The van der Waals surface area contributed by atoms with Crippen molar-refractivity contribution in [2.24, 2.45) is 4.99 Å². The maximum Gasteiger partial charge on any atom is 0.191 e. The topological polar surface area (TPSA) is 39.7 Å². The van der Waals surface area contributed by atoms with Crippen LogP contribution in [0.5, 0.6) is 0 Å². The number of hydrogen-bond acceptors (Lipinski definition) is 3. The standard InChI is InChI=1S/C15H32N4S/c1-13(2)19-10-7-14(8-11-19)18-15(16-3)17-9-5-6-12-20-4/h13-14H,5-12H2,1-4H3,(H2,16,17,18). The second-order valence-corrected chi connectivity index (χ2v) is 6.73. The number of hydrogen-bond donors (Lipinski definition) is 2. The van der Waals surface area contributed by atoms with E-state index in [2.05, 4.69) is 40.6 Å². The van der Waals surface area contributed by atoms with Crippen LogP contribution in [0.25, 0.3) is 0 Å². The van der Waals surface area contributed by atoms with E-state index in [4.69, 9.17) is 0 Å². The Morgan fingerprint density at radius 1 is 1.30 bits per heavy atom. The first kappa shape index (κ1) is 17.6. The van der Waals surface area contributed by atoms with E-state index >= 15 is 0 Å². The van der Waals surface area contributed by atoms with Gasteiger partial charge in [0.15, 0.2) is 5.96 Å². The predicted octanol–water partition coefficient (Wildman–Crippen LogP) is 2.17. The predicted molar refractivity (Wildman–Crippen MR) is 91.8 cm³/mol. The number of likely N-dealkylation sites (tertiary alicyclic amines) is 1. The van der Waals surface area contributed by atoms with Crippen LogP contribution in [0.1, 0.15) is 39.5 Å². The zero-order valence-corrected chi connectivity index (χ0v) is 14.4. The molecule has 4 nitrogen and oxygen atoms in total. The van der Waals surface area contributed by atoms with E-state index in [-0.39, 0.29) is 0 Å². The van der Waals surface area contributed by atoms with Gasteiger partial charge in [-0.1, -0.05) is 0 Å². The van der Waals surface area contributed by atoms with Gasteiger partial charge in [0.2, 0.25) is 0 Å². The summed E-state index contributed by atoms with van der Waals surface area (Å²) >= 11 is 1.92. The minimum absolute atomic E-state index is 0.572. The molecule has 1 rings (SSSR count). The highest BCUT2D eigenvalue weighted by Gasteiger charge is 2.21. The van der Waals surface area contributed by atoms with Crippen LogP contribution in [-0.4, -0.2) is 61.6 Å². The molecule has 0 aromatic heterocycles. The van der Waals surface area contributed by atoms with Gasteiger partial charge in [0.1, 0.15) is 0 Å². The SMILES string of the molecule is CN=C(NCCCCSC)NC1CCN(C(C)C)CC1. The summed E-state index contributed by atoms with van der Waals surface area (Å²) in [6.07, 6.45) is 7.08. The van der Waals surface area contributed by atoms with Gasteiger partial charge in [0, 0.05) is 38.8 Å². The molecule has 0 radical (unpaired) electrons. The third-order valence-corrected chi connectivity index (χ3v) is 4.59. The van der Waals surface area contributed by atoms with Crippen LogP contribution in [0, 0.1) is 0 Å². The van der Waals surface area contributed by atoms with Gasteiger partial charge in [-0.2, -0.15) is 11.8 Å². The van der Waals surface area contributed by atoms with Gasteiger partial charge in [-0.15, -0.1) is 0 Å². The number of guanidine groups is 1. The molecule has 1 fully saturated rings. The van der Waals surface area contributed by atoms with Crippen LogP contribution in [0.2, 0.25) is 0 Å². The Morgan fingerprint density at radius 3 is 2.55 bits per heavy atom. The minimum Gasteiger partial charge on any atom is -0.356 e. The summed E-state index contributed by atoms with van der Waals surface area (Å²) in [6, 6.07) is 1.24. The van der Waals surface area contributed by atoms with E-state index in [1.807, 2.05) is 18.8 Å². The third kappa shape index (κ3) is 6.84. The molecule has 0 unspecified atom stereocenters. The van der Waals surface area contributed by atoms with E-state index in [9.17, 15) is 0 Å². The summed E-state index contributed by atoms with van der Waals surface area (Å²) in [6.45, 7) is 7.97. The Balaban J connectivity index is 2.18. The molecule has 1 heterocycles. The first-order valence-corrected chi connectivity index (χ1v) is 9.27. The van der Waals surface area contributed by atoms with Crippen LogP contribution in [0.4, 0.5) is 0 Å². The van der Waals surface area contributed by atoms with Crippen molar-refractivity contribution in [1.29, 1.82) is 0 Å². The number of nitrogens with one attached hydrogen (secondary N) is 2. The van der Waals surface area contributed by atoms with Crippen molar-refractivity contribution in [3.8, 4) is 0 Å². The summed E-state index contributed by atoms with van der Waals surface area (Å²) in [4.78, 5) is 6.88. The second kappa shape index (κ2) is 10.3. The molecule has 1 aliphatic rings. The fourth-order valence-corrected chi connectivity index (χ4v) is 3.02. The van der Waals surface area contributed by atoms with Gasteiger partial charge in [0.05, 0.1) is 0 Å². The quantitative estimate of drug-likeness (QED) is 0.429. The Morgan fingerprint density at radius 2 is 2.00 bits per heavy atom. The van der Waals surface area contributed by atoms with Crippen molar-refractivity contribution < 1.29 is 0 Å². The van der Waals surface area contributed by atoms with Crippen molar-refractivity contribution >= 4 is 17.7 Å². The average Bonchev–Trinajstić information content (AvgIpc) is 2.46. The fourth-order valence-electron chi connectivity index (χ4n) is 2.53. The first-order chi connectivity index (χ1) is 9.67. The highest BCUT2D eigenvalue weighted by atomic mass is 32.2. The molecule has 0 spiro atoms.